The number of hydrogen-bond acceptors (Lipinski definition) is 20. The van der Waals surface area contributed by atoms with E-state index in [0.29, 0.717) is 21.1 Å². The summed E-state index contributed by atoms with van der Waals surface area (Å²) < 4.78 is 149. The summed E-state index contributed by atoms with van der Waals surface area (Å²) in [6.45, 7) is 43.9. The number of aromatic amines is 3. The lowest BCUT2D eigenvalue weighted by atomic mass is 9.49. The largest absolute Gasteiger partial charge is 0.494 e. The molecule has 10 aromatic rings. The Bertz CT molecular complexity index is 5960. The number of aromatic nitrogens is 10. The Kier molecular flexibility index (Phi) is 27.0. The summed E-state index contributed by atoms with van der Waals surface area (Å²) in [5.74, 6) is -2.89. The first-order valence-electron chi connectivity index (χ1n) is 42.1. The number of carbonyl (C=O) groups excluding carboxylic acids is 3. The van der Waals surface area contributed by atoms with Crippen LogP contribution in [-0.4, -0.2) is 192 Å². The molecule has 6 saturated heterocycles. The van der Waals surface area contributed by atoms with E-state index in [1.54, 1.807) is 80.6 Å². The highest BCUT2D eigenvalue weighted by atomic mass is 127. The number of likely N-dealkylation sites (tertiary alicyclic amines) is 3. The van der Waals surface area contributed by atoms with Crippen molar-refractivity contribution >= 4 is 127 Å². The minimum atomic E-state index is -2.01. The number of rotatable bonds is 6. The van der Waals surface area contributed by atoms with Crippen LogP contribution in [0.5, 0.6) is 0 Å². The van der Waals surface area contributed by atoms with Crippen molar-refractivity contribution in [3.05, 3.63) is 171 Å². The zero-order chi connectivity index (χ0) is 93.6. The standard InChI is InChI=1S/C26H27F2N5O3.C24H32BF2N3O5.C18H20BrF2N3O3.C12H24B2O4.C8H7IN2/c1-15-13-33-14-16(5-6-20(33)29-15)17-11-18-21(19(27)12-17)30-23(31-22(18)34)26(28)7-9-32(10-8-26)24(35)36-25(2,3)4;1-21(2,3)33-20(32)30-10-8-24(27,9-11-30)19-28-17-15(18(31)29-19)12-14(13-16(17)26)25-34-22(4,5)23(6,7)35-25;1-17(2,3)27-16(26)24-6-4-18(21,5-7-24)15-22-13-11(14(25)23-15)8-10(19)9-12(13)20;1-9(2)10(3,4)16-13(15-9)14-17-11(5,6)12(7,8)18-14;1-6-4-11-5-7(9)2-3-8(11)10-6/h5-6,11-14H,7-10H2,1-4H3,(H,30,31,34);12-13H,8-11H2,1-7H3,(H,28,29,31);8-9H,4-7H2,1-3H3,(H,22,23,25);1-8H3;2-5H,1H3. The molecule has 0 saturated carbocycles. The van der Waals surface area contributed by atoms with E-state index in [2.05, 4.69) is 90.7 Å². The highest BCUT2D eigenvalue weighted by molar-refractivity contribution is 14.1. The summed E-state index contributed by atoms with van der Waals surface area (Å²) in [6.07, 6.45) is 5.66. The molecule has 127 heavy (non-hydrogen) atoms. The van der Waals surface area contributed by atoms with E-state index >= 15 is 22.0 Å². The fraction of sp³-hybridized carbons (Fsp3) is 0.534. The minimum Gasteiger partial charge on any atom is -0.444 e. The van der Waals surface area contributed by atoms with Crippen LogP contribution in [0.4, 0.5) is 40.7 Å². The Morgan fingerprint density at radius 2 is 0.740 bits per heavy atom. The third-order valence-electron chi connectivity index (χ3n) is 23.9. The maximum Gasteiger partial charge on any atom is 0.494 e. The number of imidazole rings is 2. The van der Waals surface area contributed by atoms with Crippen molar-refractivity contribution in [1.82, 2.24) is 63.4 Å². The first kappa shape index (κ1) is 97.1. The van der Waals surface area contributed by atoms with Crippen molar-refractivity contribution in [2.75, 3.05) is 39.3 Å². The molecular formula is C88H110B3BrF6IN13O15. The van der Waals surface area contributed by atoms with Crippen LogP contribution in [0.3, 0.4) is 0 Å². The lowest BCUT2D eigenvalue weighted by Gasteiger charge is -2.36. The van der Waals surface area contributed by atoms with Gasteiger partial charge in [0, 0.05) is 111 Å². The SMILES string of the molecule is CC(C)(C)OC(=O)N1CCC(F)(c2nc3c(F)cc(B4OC(C)(C)C(C)(C)O4)cc3c(=O)[nH]2)CC1.CC(C)(C)OC(=O)N1CCC(F)(c2nc3c(F)cc(Br)cc3c(=O)[nH]2)CC1.CC1(C)OB(B2OC(C)(C)C(C)(C)O2)OC1(C)C.Cc1cn2cc(-c3cc(F)c4nc(C5(F)CCN(C(=O)OC(C)(C)C)CC5)[nH]c(=O)c4c3)ccc2n1.Cc1cn2cc(I)ccc2n1. The van der Waals surface area contributed by atoms with E-state index in [0.717, 1.165) is 22.7 Å². The van der Waals surface area contributed by atoms with Gasteiger partial charge in [0.05, 0.1) is 61.2 Å². The van der Waals surface area contributed by atoms with Crippen molar-refractivity contribution in [1.29, 1.82) is 0 Å². The molecule has 0 bridgehead atoms. The van der Waals surface area contributed by atoms with Gasteiger partial charge >= 0.3 is 39.4 Å². The number of pyridine rings is 2. The fourth-order valence-electron chi connectivity index (χ4n) is 14.7. The molecule has 16 rings (SSSR count). The van der Waals surface area contributed by atoms with Crippen LogP contribution in [-0.2, 0) is 59.1 Å². The number of alkyl halides is 3. The zero-order valence-corrected chi connectivity index (χ0v) is 79.7. The number of carbonyl (C=O) groups is 3. The van der Waals surface area contributed by atoms with Gasteiger partial charge < -0.3 is 80.6 Å². The second-order valence-electron chi connectivity index (χ2n) is 39.0. The number of ether oxygens (including phenoxy) is 3. The normalized spacial score (nSPS) is 19.6. The van der Waals surface area contributed by atoms with Gasteiger partial charge in [-0.2, -0.15) is 0 Å². The van der Waals surface area contributed by atoms with E-state index in [1.807, 2.05) is 130 Å². The molecule has 0 spiro atoms. The molecule has 0 unspecified atom stereocenters. The summed E-state index contributed by atoms with van der Waals surface area (Å²) in [6, 6.07) is 15.8. The molecule has 28 nitrogen and oxygen atoms in total. The second kappa shape index (κ2) is 35.4. The number of nitrogens with zero attached hydrogens (tertiary/aromatic N) is 10. The molecule has 682 valence electrons. The predicted octanol–water partition coefficient (Wildman–Crippen LogP) is 17.0. The zero-order valence-electron chi connectivity index (χ0n) is 75.9. The minimum absolute atomic E-state index is 0.0201. The molecule has 6 fully saturated rings. The molecular weight excluding hydrogens is 1830 g/mol. The van der Waals surface area contributed by atoms with Crippen LogP contribution < -0.4 is 22.1 Å². The maximum atomic E-state index is 15.9. The van der Waals surface area contributed by atoms with E-state index in [9.17, 15) is 33.2 Å². The molecule has 3 amide bonds. The van der Waals surface area contributed by atoms with Crippen molar-refractivity contribution < 1.29 is 82.9 Å². The number of H-pyrrole nitrogens is 3. The lowest BCUT2D eigenvalue weighted by molar-refractivity contribution is -0.000943. The van der Waals surface area contributed by atoms with Crippen molar-refractivity contribution in [2.24, 2.45) is 0 Å². The van der Waals surface area contributed by atoms with E-state index < -0.39 is 119 Å². The van der Waals surface area contributed by atoms with Gasteiger partial charge in [-0.15, -0.1) is 0 Å². The third kappa shape index (κ3) is 21.7. The number of amides is 3. The Hall–Kier alpha value is -8.99. The molecule has 3 N–H and O–H groups in total. The Morgan fingerprint density at radius 1 is 0.425 bits per heavy atom. The van der Waals surface area contributed by atoms with E-state index in [4.69, 9.17) is 42.1 Å². The Balaban J connectivity index is 0.000000151. The Morgan fingerprint density at radius 3 is 1.10 bits per heavy atom. The van der Waals surface area contributed by atoms with Crippen LogP contribution in [0.2, 0.25) is 0 Å². The number of benzene rings is 3. The average molecular weight is 1940 g/mol. The van der Waals surface area contributed by atoms with Crippen LogP contribution in [0.15, 0.2) is 104 Å². The molecule has 7 aromatic heterocycles. The smallest absolute Gasteiger partial charge is 0.444 e. The van der Waals surface area contributed by atoms with Gasteiger partial charge in [-0.25, -0.2) is 65.6 Å². The molecule has 0 atom stereocenters. The lowest BCUT2D eigenvalue weighted by Crippen LogP contribution is -2.46. The van der Waals surface area contributed by atoms with Gasteiger partial charge in [-0.1, -0.05) is 15.9 Å². The summed E-state index contributed by atoms with van der Waals surface area (Å²) in [5.41, 5.74) is -7.90. The van der Waals surface area contributed by atoms with Crippen LogP contribution >= 0.6 is 38.5 Å². The van der Waals surface area contributed by atoms with Gasteiger partial charge in [-0.3, -0.25) is 14.4 Å². The average Bonchev–Trinajstić information content (AvgIpc) is 1.73. The molecule has 6 aliphatic rings. The van der Waals surface area contributed by atoms with Gasteiger partial charge in [0.25, 0.3) is 16.7 Å². The fourth-order valence-corrected chi connectivity index (χ4v) is 15.6. The van der Waals surface area contributed by atoms with Gasteiger partial charge in [0.1, 0.15) is 73.8 Å². The number of hydrogen-bond donors (Lipinski definition) is 3. The van der Waals surface area contributed by atoms with Crippen LogP contribution in [0, 0.1) is 34.9 Å². The first-order valence-corrected chi connectivity index (χ1v) is 43.9. The highest BCUT2D eigenvalue weighted by Gasteiger charge is 2.64. The molecule has 13 heterocycles. The van der Waals surface area contributed by atoms with Crippen LogP contribution in [0.1, 0.15) is 213 Å². The molecule has 0 aliphatic carbocycles. The number of aryl methyl sites for hydroxylation is 2. The monoisotopic (exact) mass is 1940 g/mol. The van der Waals surface area contributed by atoms with Gasteiger partial charge in [-0.05, 0) is 259 Å². The number of piperidine rings is 3. The third-order valence-corrected chi connectivity index (χ3v) is 25.0. The maximum absolute atomic E-state index is 15.9. The quantitative estimate of drug-likeness (QED) is 0.0603. The molecule has 39 heteroatoms. The summed E-state index contributed by atoms with van der Waals surface area (Å²) in [5, 5.41) is 0.0547. The first-order chi connectivity index (χ1) is 58.5. The second-order valence-corrected chi connectivity index (χ2v) is 41.1. The molecule has 0 radical (unpaired) electrons. The topological polar surface area (TPSA) is 316 Å². The van der Waals surface area contributed by atoms with Crippen LogP contribution in [0.25, 0.3) is 55.1 Å². The summed E-state index contributed by atoms with van der Waals surface area (Å²) in [4.78, 5) is 108. The van der Waals surface area contributed by atoms with Gasteiger partial charge in [0.15, 0.2) is 22.8 Å². The van der Waals surface area contributed by atoms with E-state index in [1.165, 1.54) is 48.6 Å². The number of fused-ring (bicyclic) bond motifs is 5. The van der Waals surface area contributed by atoms with Crippen molar-refractivity contribution in [2.45, 2.75) is 265 Å². The number of nitrogens with one attached hydrogen (secondary N) is 3. The Labute approximate surface area is 755 Å². The summed E-state index contributed by atoms with van der Waals surface area (Å²) in [7, 11) is -1.81. The molecule has 3 aromatic carbocycles. The summed E-state index contributed by atoms with van der Waals surface area (Å²) >= 11 is 5.41. The van der Waals surface area contributed by atoms with Crippen molar-refractivity contribution in [3.63, 3.8) is 0 Å². The highest BCUT2D eigenvalue weighted by Crippen LogP contribution is 2.45. The molecule has 6 aliphatic heterocycles. The predicted molar refractivity (Wildman–Crippen MR) is 484 cm³/mol. The van der Waals surface area contributed by atoms with E-state index in [-0.39, 0.29) is 150 Å². The van der Waals surface area contributed by atoms with Crippen molar-refractivity contribution in [3.8, 4) is 11.1 Å². The number of halogens is 8. The van der Waals surface area contributed by atoms with Gasteiger partial charge in [0.2, 0.25) is 0 Å².